The molecular formula is C39H58N6O6. The number of nitrogens with one attached hydrogen (secondary N) is 4. The Morgan fingerprint density at radius 3 is 2.22 bits per heavy atom. The van der Waals surface area contributed by atoms with E-state index in [0.29, 0.717) is 64.6 Å². The molecule has 12 nitrogen and oxygen atoms in total. The van der Waals surface area contributed by atoms with Crippen LogP contribution in [0.2, 0.25) is 0 Å². The number of urea groups is 1. The van der Waals surface area contributed by atoms with Gasteiger partial charge in [-0.15, -0.1) is 0 Å². The lowest BCUT2D eigenvalue weighted by Gasteiger charge is -2.38. The van der Waals surface area contributed by atoms with Crippen LogP contribution in [0.15, 0.2) is 24.3 Å². The van der Waals surface area contributed by atoms with Gasteiger partial charge in [0.2, 0.25) is 23.5 Å². The molecule has 1 aromatic rings. The molecule has 4 N–H and O–H groups in total. The number of nitrogens with zero attached hydrogens (tertiary/aromatic N) is 2. The smallest absolute Gasteiger partial charge is 0.315 e. The number of ketones is 1. The monoisotopic (exact) mass is 706 g/mol. The maximum Gasteiger partial charge on any atom is 0.315 e. The van der Waals surface area contributed by atoms with Gasteiger partial charge in [-0.3, -0.25) is 24.0 Å². The van der Waals surface area contributed by atoms with Gasteiger partial charge in [0.25, 0.3) is 5.91 Å². The molecule has 0 aromatic heterocycles. The van der Waals surface area contributed by atoms with Crippen LogP contribution in [0.3, 0.4) is 0 Å². The van der Waals surface area contributed by atoms with E-state index in [-0.39, 0.29) is 35.2 Å². The lowest BCUT2D eigenvalue weighted by molar-refractivity contribution is -0.143. The van der Waals surface area contributed by atoms with Crippen molar-refractivity contribution in [3.05, 3.63) is 35.4 Å². The van der Waals surface area contributed by atoms with Crippen molar-refractivity contribution < 1.29 is 28.8 Å². The van der Waals surface area contributed by atoms with Crippen molar-refractivity contribution >= 4 is 35.4 Å². The van der Waals surface area contributed by atoms with Gasteiger partial charge in [-0.25, -0.2) is 4.79 Å². The Kier molecular flexibility index (Phi) is 12.8. The van der Waals surface area contributed by atoms with Crippen LogP contribution in [0.4, 0.5) is 4.79 Å². The number of unbranched alkanes of at least 4 members (excludes halogenated alkanes) is 2. The molecule has 4 aliphatic rings. The van der Waals surface area contributed by atoms with E-state index in [9.17, 15) is 28.8 Å². The zero-order valence-corrected chi connectivity index (χ0v) is 30.9. The zero-order valence-electron chi connectivity index (χ0n) is 30.9. The van der Waals surface area contributed by atoms with Crippen LogP contribution >= 0.6 is 0 Å². The average molecular weight is 707 g/mol. The maximum absolute atomic E-state index is 14.6. The van der Waals surface area contributed by atoms with Gasteiger partial charge < -0.3 is 31.1 Å². The molecule has 0 bridgehead atoms. The second kappa shape index (κ2) is 17.0. The largest absolute Gasteiger partial charge is 0.347 e. The third-order valence-corrected chi connectivity index (χ3v) is 11.0. The first kappa shape index (κ1) is 38.3. The minimum absolute atomic E-state index is 0.0192. The van der Waals surface area contributed by atoms with Crippen molar-refractivity contribution in [3.63, 3.8) is 0 Å². The number of hydrogen-bond donors (Lipinski definition) is 4. The number of amides is 6. The predicted molar refractivity (Wildman–Crippen MR) is 193 cm³/mol. The summed E-state index contributed by atoms with van der Waals surface area (Å²) < 4.78 is 0. The Morgan fingerprint density at radius 2 is 1.59 bits per heavy atom. The molecule has 280 valence electrons. The molecule has 12 heteroatoms. The average Bonchev–Trinajstić information content (AvgIpc) is 3.58. The highest BCUT2D eigenvalue weighted by molar-refractivity contribution is 6.38. The van der Waals surface area contributed by atoms with Crippen molar-refractivity contribution in [3.8, 4) is 0 Å². The third kappa shape index (κ3) is 10.1. The molecular weight excluding hydrogens is 648 g/mol. The van der Waals surface area contributed by atoms with Crippen LogP contribution in [0, 0.1) is 11.3 Å². The lowest BCUT2D eigenvalue weighted by atomic mass is 9.86. The first-order valence-electron chi connectivity index (χ1n) is 19.2. The summed E-state index contributed by atoms with van der Waals surface area (Å²) in [5.41, 5.74) is 1.90. The molecule has 6 amide bonds. The second-order valence-electron chi connectivity index (χ2n) is 16.1. The predicted octanol–water partition coefficient (Wildman–Crippen LogP) is 3.40. The fourth-order valence-electron chi connectivity index (χ4n) is 7.62. The van der Waals surface area contributed by atoms with Crippen molar-refractivity contribution in [1.82, 2.24) is 31.1 Å². The number of benzene rings is 1. The summed E-state index contributed by atoms with van der Waals surface area (Å²) in [6.45, 7) is 9.49. The van der Waals surface area contributed by atoms with Gasteiger partial charge in [-0.2, -0.15) is 0 Å². The summed E-state index contributed by atoms with van der Waals surface area (Å²) in [7, 11) is 0. The van der Waals surface area contributed by atoms with Gasteiger partial charge >= 0.3 is 6.03 Å². The molecule has 1 saturated carbocycles. The Labute approximate surface area is 302 Å². The van der Waals surface area contributed by atoms with Crippen molar-refractivity contribution in [2.75, 3.05) is 19.6 Å². The van der Waals surface area contributed by atoms with Crippen molar-refractivity contribution in [2.24, 2.45) is 11.3 Å². The van der Waals surface area contributed by atoms with E-state index >= 15 is 0 Å². The first-order valence-corrected chi connectivity index (χ1v) is 19.2. The Hall–Kier alpha value is -3.96. The highest BCUT2D eigenvalue weighted by Gasteiger charge is 2.43. The van der Waals surface area contributed by atoms with E-state index in [1.807, 2.05) is 56.9 Å². The topological polar surface area (TPSA) is 157 Å². The first-order chi connectivity index (χ1) is 24.3. The molecule has 0 spiro atoms. The SMILES string of the molecule is CCCCCC(NC(=O)[C@@H]1CCCN1C(=O)[C@@H](NC(=O)N[C@H](CN1CCCCC1=O)C(C)(C)C)C1Cc2ccccc2C1)C(=O)C(=O)NC1CC1. The minimum atomic E-state index is -0.967. The Bertz CT molecular complexity index is 1430. The number of likely N-dealkylation sites (tertiary alicyclic amines) is 2. The number of carbonyl (C=O) groups excluding carboxylic acids is 6. The summed E-state index contributed by atoms with van der Waals surface area (Å²) in [6.07, 6.45) is 9.04. The number of piperidine rings is 1. The lowest BCUT2D eigenvalue weighted by Crippen LogP contribution is -2.61. The minimum Gasteiger partial charge on any atom is -0.347 e. The molecule has 2 heterocycles. The number of rotatable bonds is 15. The quantitative estimate of drug-likeness (QED) is 0.162. The van der Waals surface area contributed by atoms with Crippen LogP contribution in [0.5, 0.6) is 0 Å². The van der Waals surface area contributed by atoms with Gasteiger partial charge in [-0.05, 0) is 80.2 Å². The number of Topliss-reactive ketones (excluding diaryl/α,β-unsaturated/α-hetero) is 1. The van der Waals surface area contributed by atoms with E-state index in [1.54, 1.807) is 4.90 Å². The molecule has 2 aliphatic heterocycles. The van der Waals surface area contributed by atoms with Crippen LogP contribution in [-0.4, -0.2) is 95.1 Å². The van der Waals surface area contributed by atoms with E-state index in [4.69, 9.17) is 0 Å². The summed E-state index contributed by atoms with van der Waals surface area (Å²) in [6, 6.07) is 4.50. The number of carbonyl (C=O) groups is 6. The summed E-state index contributed by atoms with van der Waals surface area (Å²) in [5.74, 6) is -2.25. The summed E-state index contributed by atoms with van der Waals surface area (Å²) >= 11 is 0. The van der Waals surface area contributed by atoms with Crippen LogP contribution in [0.1, 0.15) is 109 Å². The normalized spacial score (nSPS) is 21.0. The fraction of sp³-hybridized carbons (Fsp3) is 0.692. The third-order valence-electron chi connectivity index (χ3n) is 11.0. The fourth-order valence-corrected chi connectivity index (χ4v) is 7.62. The molecule has 1 unspecified atom stereocenters. The zero-order chi connectivity index (χ0) is 36.7. The van der Waals surface area contributed by atoms with E-state index in [0.717, 1.165) is 49.7 Å². The molecule has 51 heavy (non-hydrogen) atoms. The van der Waals surface area contributed by atoms with Crippen molar-refractivity contribution in [1.29, 1.82) is 0 Å². The maximum atomic E-state index is 14.6. The van der Waals surface area contributed by atoms with Gasteiger partial charge in [0.05, 0.1) is 12.1 Å². The molecule has 2 aliphatic carbocycles. The van der Waals surface area contributed by atoms with E-state index in [2.05, 4.69) is 21.3 Å². The molecule has 1 aromatic carbocycles. The molecule has 0 radical (unpaired) electrons. The van der Waals surface area contributed by atoms with E-state index in [1.165, 1.54) is 0 Å². The Morgan fingerprint density at radius 1 is 0.882 bits per heavy atom. The highest BCUT2D eigenvalue weighted by atomic mass is 16.2. The van der Waals surface area contributed by atoms with Gasteiger partial charge in [0.1, 0.15) is 12.1 Å². The van der Waals surface area contributed by atoms with Crippen LogP contribution in [0.25, 0.3) is 0 Å². The summed E-state index contributed by atoms with van der Waals surface area (Å²) in [4.78, 5) is 84.2. The van der Waals surface area contributed by atoms with Crippen LogP contribution in [-0.2, 0) is 36.8 Å². The van der Waals surface area contributed by atoms with Gasteiger partial charge in [0, 0.05) is 32.1 Å². The molecule has 5 rings (SSSR count). The van der Waals surface area contributed by atoms with Crippen molar-refractivity contribution in [2.45, 2.75) is 141 Å². The highest BCUT2D eigenvalue weighted by Crippen LogP contribution is 2.31. The van der Waals surface area contributed by atoms with Crippen LogP contribution < -0.4 is 21.3 Å². The number of hydrogen-bond acceptors (Lipinski definition) is 6. The molecule has 2 saturated heterocycles. The number of fused-ring (bicyclic) bond motifs is 1. The van der Waals surface area contributed by atoms with Gasteiger partial charge in [-0.1, -0.05) is 71.2 Å². The van der Waals surface area contributed by atoms with E-state index < -0.39 is 41.8 Å². The standard InChI is InChI=1S/C39H58N6O6/c1-5-6-7-15-29(34(47)36(49)40-28-18-19-28)41-35(48)30-16-12-21-45(30)37(50)33(27-22-25-13-8-9-14-26(25)23-27)43-38(51)42-31(39(2,3)4)24-44-20-11-10-17-32(44)46/h8-9,13-14,27-31,33H,5-7,10-12,15-24H2,1-4H3,(H,40,49)(H,41,48)(H2,42,43,51)/t29?,30-,31+,33-/m0/s1. The molecule has 3 fully saturated rings. The second-order valence-corrected chi connectivity index (χ2v) is 16.1. The Balaban J connectivity index is 1.31. The summed E-state index contributed by atoms with van der Waals surface area (Å²) in [5, 5.41) is 11.7. The van der Waals surface area contributed by atoms with Gasteiger partial charge in [0.15, 0.2) is 0 Å². The molecule has 4 atom stereocenters.